The van der Waals surface area contributed by atoms with Crippen molar-refractivity contribution in [3.05, 3.63) is 60.4 Å². The first-order chi connectivity index (χ1) is 10.3. The summed E-state index contributed by atoms with van der Waals surface area (Å²) in [6.07, 6.45) is 1.73. The van der Waals surface area contributed by atoms with Crippen LogP contribution in [0.25, 0.3) is 33.1 Å². The number of benzene rings is 2. The monoisotopic (exact) mass is 275 g/mol. The molecule has 0 fully saturated rings. The van der Waals surface area contributed by atoms with Gasteiger partial charge in [-0.05, 0) is 49.7 Å². The van der Waals surface area contributed by atoms with Gasteiger partial charge in [0.25, 0.3) is 0 Å². The first-order valence-corrected chi connectivity index (χ1v) is 7.35. The summed E-state index contributed by atoms with van der Waals surface area (Å²) in [7, 11) is 0. The van der Waals surface area contributed by atoms with Crippen LogP contribution in [0.15, 0.2) is 59.2 Å². The summed E-state index contributed by atoms with van der Waals surface area (Å²) < 4.78 is 7.97. The molecule has 2 nitrogen and oxygen atoms in total. The van der Waals surface area contributed by atoms with Gasteiger partial charge in [-0.3, -0.25) is 0 Å². The Balaban J connectivity index is 2.17. The van der Waals surface area contributed by atoms with E-state index in [-0.39, 0.29) is 0 Å². The predicted molar refractivity (Wildman–Crippen MR) is 87.6 cm³/mol. The van der Waals surface area contributed by atoms with Crippen molar-refractivity contribution >= 4 is 21.8 Å². The zero-order chi connectivity index (χ0) is 14.4. The molecule has 0 bridgehead atoms. The summed E-state index contributed by atoms with van der Waals surface area (Å²) in [5.74, 6) is 0.933. The molecule has 0 unspecified atom stereocenters. The number of fused-ring (bicyclic) bond motifs is 3. The zero-order valence-electron chi connectivity index (χ0n) is 12.3. The number of rotatable bonds is 2. The third kappa shape index (κ3) is 1.65. The summed E-state index contributed by atoms with van der Waals surface area (Å²) in [5, 5.41) is 2.65. The van der Waals surface area contributed by atoms with Crippen LogP contribution in [-0.4, -0.2) is 4.57 Å². The van der Waals surface area contributed by atoms with Gasteiger partial charge in [0.1, 0.15) is 5.76 Å². The Kier molecular flexibility index (Phi) is 2.64. The summed E-state index contributed by atoms with van der Waals surface area (Å²) in [6, 6.07) is 17.0. The molecule has 0 saturated heterocycles. The highest BCUT2D eigenvalue weighted by Gasteiger charge is 2.15. The van der Waals surface area contributed by atoms with Crippen molar-refractivity contribution in [3.63, 3.8) is 0 Å². The molecule has 2 heterocycles. The number of para-hydroxylation sites is 1. The molecule has 2 heteroatoms. The quantitative estimate of drug-likeness (QED) is 0.480. The van der Waals surface area contributed by atoms with Crippen LogP contribution >= 0.6 is 0 Å². The van der Waals surface area contributed by atoms with E-state index in [9.17, 15) is 0 Å². The second kappa shape index (κ2) is 4.52. The average Bonchev–Trinajstić information content (AvgIpc) is 3.13. The van der Waals surface area contributed by atoms with Crippen LogP contribution in [0.2, 0.25) is 0 Å². The van der Waals surface area contributed by atoms with Crippen LogP contribution in [0.5, 0.6) is 0 Å². The summed E-state index contributed by atoms with van der Waals surface area (Å²) in [5.41, 5.74) is 5.05. The highest BCUT2D eigenvalue weighted by Crippen LogP contribution is 2.36. The van der Waals surface area contributed by atoms with Crippen molar-refractivity contribution in [1.82, 2.24) is 4.57 Å². The van der Waals surface area contributed by atoms with Gasteiger partial charge in [0, 0.05) is 33.9 Å². The van der Waals surface area contributed by atoms with Crippen molar-refractivity contribution in [3.8, 4) is 11.3 Å². The number of hydrogen-bond acceptors (Lipinski definition) is 1. The Labute approximate surface area is 123 Å². The molecular weight excluding hydrogens is 258 g/mol. The maximum atomic E-state index is 5.59. The lowest BCUT2D eigenvalue weighted by molar-refractivity contribution is 0.582. The number of hydrogen-bond donors (Lipinski definition) is 0. The Morgan fingerprint density at radius 2 is 1.81 bits per heavy atom. The number of nitrogens with zero attached hydrogens (tertiary/aromatic N) is 1. The fraction of sp³-hybridized carbons (Fsp3) is 0.158. The smallest absolute Gasteiger partial charge is 0.134 e. The molecule has 0 aliphatic carbocycles. The van der Waals surface area contributed by atoms with Gasteiger partial charge in [0.05, 0.1) is 6.26 Å². The predicted octanol–water partition coefficient (Wildman–Crippen LogP) is 5.38. The minimum Gasteiger partial charge on any atom is -0.464 e. The van der Waals surface area contributed by atoms with Gasteiger partial charge in [-0.15, -0.1) is 0 Å². The normalized spacial score (nSPS) is 11.5. The highest BCUT2D eigenvalue weighted by atomic mass is 16.3. The van der Waals surface area contributed by atoms with Gasteiger partial charge in [0.2, 0.25) is 0 Å². The van der Waals surface area contributed by atoms with Gasteiger partial charge < -0.3 is 8.98 Å². The number of aromatic nitrogens is 1. The van der Waals surface area contributed by atoms with Crippen LogP contribution in [0, 0.1) is 6.92 Å². The second-order valence-corrected chi connectivity index (χ2v) is 5.37. The minimum absolute atomic E-state index is 0.933. The van der Waals surface area contributed by atoms with E-state index in [0.29, 0.717) is 0 Å². The van der Waals surface area contributed by atoms with Crippen LogP contribution in [0.4, 0.5) is 0 Å². The van der Waals surface area contributed by atoms with Crippen LogP contribution < -0.4 is 0 Å². The van der Waals surface area contributed by atoms with Crippen molar-refractivity contribution in [1.29, 1.82) is 0 Å². The lowest BCUT2D eigenvalue weighted by Crippen LogP contribution is -1.93. The van der Waals surface area contributed by atoms with Crippen LogP contribution in [-0.2, 0) is 6.54 Å². The summed E-state index contributed by atoms with van der Waals surface area (Å²) >= 11 is 0. The number of furan rings is 1. The summed E-state index contributed by atoms with van der Waals surface area (Å²) in [4.78, 5) is 0. The molecule has 21 heavy (non-hydrogen) atoms. The number of aryl methyl sites for hydroxylation is 2. The van der Waals surface area contributed by atoms with Crippen molar-refractivity contribution < 1.29 is 4.42 Å². The fourth-order valence-electron chi connectivity index (χ4n) is 3.35. The van der Waals surface area contributed by atoms with Crippen molar-refractivity contribution in [2.45, 2.75) is 20.4 Å². The summed E-state index contributed by atoms with van der Waals surface area (Å²) in [6.45, 7) is 5.36. The SMILES string of the molecule is CCn1c2ccccc2c2c(C)c(-c3ccco3)ccc21. The lowest BCUT2D eigenvalue weighted by atomic mass is 10.0. The second-order valence-electron chi connectivity index (χ2n) is 5.37. The van der Waals surface area contributed by atoms with Gasteiger partial charge in [-0.25, -0.2) is 0 Å². The van der Waals surface area contributed by atoms with Crippen molar-refractivity contribution in [2.75, 3.05) is 0 Å². The van der Waals surface area contributed by atoms with E-state index in [1.807, 2.05) is 12.1 Å². The molecular formula is C19H17NO. The van der Waals surface area contributed by atoms with E-state index in [1.54, 1.807) is 6.26 Å². The minimum atomic E-state index is 0.933. The van der Waals surface area contributed by atoms with Crippen molar-refractivity contribution in [2.24, 2.45) is 0 Å². The van der Waals surface area contributed by atoms with E-state index in [1.165, 1.54) is 32.9 Å². The third-order valence-electron chi connectivity index (χ3n) is 4.30. The van der Waals surface area contributed by atoms with Gasteiger partial charge in [0.15, 0.2) is 0 Å². The fourth-order valence-corrected chi connectivity index (χ4v) is 3.35. The molecule has 0 spiro atoms. The Morgan fingerprint density at radius 1 is 0.952 bits per heavy atom. The van der Waals surface area contributed by atoms with E-state index >= 15 is 0 Å². The maximum absolute atomic E-state index is 5.59. The van der Waals surface area contributed by atoms with E-state index in [4.69, 9.17) is 4.42 Å². The molecule has 4 aromatic rings. The molecule has 0 aliphatic rings. The molecule has 0 radical (unpaired) electrons. The van der Waals surface area contributed by atoms with Gasteiger partial charge in [-0.1, -0.05) is 18.2 Å². The molecule has 104 valence electrons. The average molecular weight is 275 g/mol. The largest absolute Gasteiger partial charge is 0.464 e. The zero-order valence-corrected chi connectivity index (χ0v) is 12.3. The molecule has 0 amide bonds. The van der Waals surface area contributed by atoms with Crippen LogP contribution in [0.3, 0.4) is 0 Å². The third-order valence-corrected chi connectivity index (χ3v) is 4.30. The first kappa shape index (κ1) is 12.3. The molecule has 2 aromatic carbocycles. The molecule has 2 aromatic heterocycles. The topological polar surface area (TPSA) is 18.1 Å². The van der Waals surface area contributed by atoms with Crippen LogP contribution in [0.1, 0.15) is 12.5 Å². The molecule has 0 atom stereocenters. The van der Waals surface area contributed by atoms with E-state index in [0.717, 1.165) is 12.3 Å². The maximum Gasteiger partial charge on any atom is 0.134 e. The van der Waals surface area contributed by atoms with E-state index in [2.05, 4.69) is 54.8 Å². The Bertz CT molecular complexity index is 929. The van der Waals surface area contributed by atoms with Gasteiger partial charge >= 0.3 is 0 Å². The highest BCUT2D eigenvalue weighted by molar-refractivity contribution is 6.11. The van der Waals surface area contributed by atoms with E-state index < -0.39 is 0 Å². The Hall–Kier alpha value is -2.48. The Morgan fingerprint density at radius 3 is 2.57 bits per heavy atom. The molecule has 4 rings (SSSR count). The molecule has 0 saturated carbocycles. The molecule has 0 N–H and O–H groups in total. The first-order valence-electron chi connectivity index (χ1n) is 7.35. The lowest BCUT2D eigenvalue weighted by Gasteiger charge is -2.07. The molecule has 0 aliphatic heterocycles. The standard InChI is InChI=1S/C19H17NO/c1-3-20-16-8-5-4-7-15(16)19-13(2)14(10-11-17(19)20)18-9-6-12-21-18/h4-12H,3H2,1-2H3. The van der Waals surface area contributed by atoms with Gasteiger partial charge in [-0.2, -0.15) is 0 Å².